The van der Waals surface area contributed by atoms with Gasteiger partial charge in [0, 0.05) is 18.3 Å². The minimum Gasteiger partial charge on any atom is -0.388 e. The highest BCUT2D eigenvalue weighted by Crippen LogP contribution is 2.24. The van der Waals surface area contributed by atoms with Gasteiger partial charge in [0.25, 0.3) is 0 Å². The van der Waals surface area contributed by atoms with Crippen LogP contribution in [0.4, 0.5) is 10.1 Å². The Bertz CT molecular complexity index is 489. The summed E-state index contributed by atoms with van der Waals surface area (Å²) >= 11 is 0. The van der Waals surface area contributed by atoms with E-state index < -0.39 is 0 Å². The maximum Gasteiger partial charge on any atom is 0.131 e. The quantitative estimate of drug-likeness (QED) is 0.802. The summed E-state index contributed by atoms with van der Waals surface area (Å²) in [6, 6.07) is 13.0. The Morgan fingerprint density at radius 2 is 1.69 bits per heavy atom. The molecule has 0 aromatic heterocycles. The average molecular weight is 215 g/mol. The molecule has 2 heteroatoms. The van der Waals surface area contributed by atoms with Crippen LogP contribution in [-0.2, 0) is 0 Å². The van der Waals surface area contributed by atoms with Crippen LogP contribution in [0, 0.1) is 12.7 Å². The van der Waals surface area contributed by atoms with Crippen LogP contribution >= 0.6 is 0 Å². The van der Waals surface area contributed by atoms with Gasteiger partial charge in [-0.05, 0) is 36.2 Å². The van der Waals surface area contributed by atoms with Gasteiger partial charge in [-0.2, -0.15) is 0 Å². The van der Waals surface area contributed by atoms with Crippen molar-refractivity contribution in [3.05, 3.63) is 53.8 Å². The van der Waals surface area contributed by atoms with Gasteiger partial charge in [-0.1, -0.05) is 24.3 Å². The lowest BCUT2D eigenvalue weighted by atomic mass is 10.0. The molecule has 0 atom stereocenters. The second-order valence-electron chi connectivity index (χ2n) is 3.81. The van der Waals surface area contributed by atoms with Crippen molar-refractivity contribution >= 4 is 5.69 Å². The first-order chi connectivity index (χ1) is 7.70. The molecule has 0 radical (unpaired) electrons. The normalized spacial score (nSPS) is 10.2. The zero-order valence-corrected chi connectivity index (χ0v) is 9.42. The zero-order chi connectivity index (χ0) is 11.5. The van der Waals surface area contributed by atoms with Gasteiger partial charge in [0.05, 0.1) is 0 Å². The number of aryl methyl sites for hydroxylation is 1. The Hall–Kier alpha value is -1.83. The minimum absolute atomic E-state index is 0.169. The molecule has 82 valence electrons. The summed E-state index contributed by atoms with van der Waals surface area (Å²) in [5.41, 5.74) is 3.51. The van der Waals surface area contributed by atoms with Crippen LogP contribution < -0.4 is 5.32 Å². The van der Waals surface area contributed by atoms with Crippen molar-refractivity contribution in [2.24, 2.45) is 0 Å². The van der Waals surface area contributed by atoms with Gasteiger partial charge >= 0.3 is 0 Å². The van der Waals surface area contributed by atoms with Gasteiger partial charge in [0.2, 0.25) is 0 Å². The molecule has 0 saturated heterocycles. The van der Waals surface area contributed by atoms with E-state index in [1.807, 2.05) is 50.4 Å². The van der Waals surface area contributed by atoms with Crippen molar-refractivity contribution in [3.8, 4) is 11.1 Å². The third-order valence-electron chi connectivity index (χ3n) is 2.61. The van der Waals surface area contributed by atoms with Crippen molar-refractivity contribution in [1.29, 1.82) is 0 Å². The van der Waals surface area contributed by atoms with E-state index in [0.717, 1.165) is 16.8 Å². The molecular formula is C14H14FN. The molecule has 0 heterocycles. The lowest BCUT2D eigenvalue weighted by molar-refractivity contribution is 0.630. The smallest absolute Gasteiger partial charge is 0.131 e. The van der Waals surface area contributed by atoms with E-state index in [-0.39, 0.29) is 5.82 Å². The number of hydrogen-bond acceptors (Lipinski definition) is 1. The summed E-state index contributed by atoms with van der Waals surface area (Å²) in [6.45, 7) is 1.89. The van der Waals surface area contributed by atoms with Crippen molar-refractivity contribution < 1.29 is 4.39 Å². The van der Waals surface area contributed by atoms with Crippen molar-refractivity contribution in [3.63, 3.8) is 0 Å². The molecule has 0 unspecified atom stereocenters. The third-order valence-corrected chi connectivity index (χ3v) is 2.61. The molecule has 2 aromatic carbocycles. The molecule has 0 saturated carbocycles. The highest BCUT2D eigenvalue weighted by molar-refractivity contribution is 5.66. The van der Waals surface area contributed by atoms with Gasteiger partial charge < -0.3 is 5.32 Å². The molecule has 16 heavy (non-hydrogen) atoms. The molecule has 0 aliphatic heterocycles. The van der Waals surface area contributed by atoms with Crippen molar-refractivity contribution in [2.45, 2.75) is 6.92 Å². The molecular weight excluding hydrogens is 201 g/mol. The number of nitrogens with one attached hydrogen (secondary N) is 1. The lowest BCUT2D eigenvalue weighted by Gasteiger charge is -2.06. The maximum atomic E-state index is 13.7. The first kappa shape index (κ1) is 10.7. The van der Waals surface area contributed by atoms with Gasteiger partial charge in [-0.3, -0.25) is 0 Å². The maximum absolute atomic E-state index is 13.7. The van der Waals surface area contributed by atoms with E-state index in [2.05, 4.69) is 5.32 Å². The van der Waals surface area contributed by atoms with Crippen molar-refractivity contribution in [1.82, 2.24) is 0 Å². The SMILES string of the molecule is CNc1ccc(-c2ccc(C)cc2F)cc1. The highest BCUT2D eigenvalue weighted by atomic mass is 19.1. The standard InChI is InChI=1S/C14H14FN/c1-10-3-8-13(14(15)9-10)11-4-6-12(16-2)7-5-11/h3-9,16H,1-2H3. The second kappa shape index (κ2) is 4.35. The number of hydrogen-bond donors (Lipinski definition) is 1. The minimum atomic E-state index is -0.169. The third kappa shape index (κ3) is 2.06. The number of rotatable bonds is 2. The number of benzene rings is 2. The predicted octanol–water partition coefficient (Wildman–Crippen LogP) is 3.84. The van der Waals surface area contributed by atoms with Gasteiger partial charge in [0.1, 0.15) is 5.82 Å². The van der Waals surface area contributed by atoms with E-state index in [1.165, 1.54) is 0 Å². The van der Waals surface area contributed by atoms with Crippen LogP contribution in [0.25, 0.3) is 11.1 Å². The number of halogens is 1. The van der Waals surface area contributed by atoms with E-state index in [9.17, 15) is 4.39 Å². The Labute approximate surface area is 94.9 Å². The fourth-order valence-corrected chi connectivity index (χ4v) is 1.67. The van der Waals surface area contributed by atoms with Gasteiger partial charge in [0.15, 0.2) is 0 Å². The van der Waals surface area contributed by atoms with Gasteiger partial charge in [-0.25, -0.2) is 4.39 Å². The van der Waals surface area contributed by atoms with Crippen LogP contribution in [0.5, 0.6) is 0 Å². The van der Waals surface area contributed by atoms with Crippen LogP contribution in [0.15, 0.2) is 42.5 Å². The van der Waals surface area contributed by atoms with E-state index in [4.69, 9.17) is 0 Å². The molecule has 0 aliphatic carbocycles. The molecule has 1 N–H and O–H groups in total. The molecule has 2 rings (SSSR count). The zero-order valence-electron chi connectivity index (χ0n) is 9.42. The van der Waals surface area contributed by atoms with Crippen molar-refractivity contribution in [2.75, 3.05) is 12.4 Å². The Balaban J connectivity index is 2.42. The average Bonchev–Trinajstić information content (AvgIpc) is 2.29. The summed E-state index contributed by atoms with van der Waals surface area (Å²) in [5.74, 6) is -0.169. The molecule has 0 bridgehead atoms. The van der Waals surface area contributed by atoms with E-state index >= 15 is 0 Å². The lowest BCUT2D eigenvalue weighted by Crippen LogP contribution is -1.89. The molecule has 0 spiro atoms. The van der Waals surface area contributed by atoms with Crippen LogP contribution in [0.1, 0.15) is 5.56 Å². The van der Waals surface area contributed by atoms with Gasteiger partial charge in [-0.15, -0.1) is 0 Å². The number of anilines is 1. The largest absolute Gasteiger partial charge is 0.388 e. The summed E-state index contributed by atoms with van der Waals surface area (Å²) in [6.07, 6.45) is 0. The summed E-state index contributed by atoms with van der Waals surface area (Å²) in [7, 11) is 1.86. The molecule has 0 aliphatic rings. The molecule has 2 aromatic rings. The topological polar surface area (TPSA) is 12.0 Å². The van der Waals surface area contributed by atoms with E-state index in [0.29, 0.717) is 5.56 Å². The van der Waals surface area contributed by atoms with E-state index in [1.54, 1.807) is 6.07 Å². The molecule has 0 fully saturated rings. The van der Waals surface area contributed by atoms with Crippen LogP contribution in [0.2, 0.25) is 0 Å². The highest BCUT2D eigenvalue weighted by Gasteiger charge is 2.04. The fraction of sp³-hybridized carbons (Fsp3) is 0.143. The molecule has 0 amide bonds. The summed E-state index contributed by atoms with van der Waals surface area (Å²) in [5, 5.41) is 3.04. The van der Waals surface area contributed by atoms with Crippen LogP contribution in [0.3, 0.4) is 0 Å². The first-order valence-corrected chi connectivity index (χ1v) is 5.25. The van der Waals surface area contributed by atoms with Crippen LogP contribution in [-0.4, -0.2) is 7.05 Å². The second-order valence-corrected chi connectivity index (χ2v) is 3.81. The Kier molecular flexibility index (Phi) is 2.91. The monoisotopic (exact) mass is 215 g/mol. The summed E-state index contributed by atoms with van der Waals surface area (Å²) in [4.78, 5) is 0. The molecule has 1 nitrogen and oxygen atoms in total. The Morgan fingerprint density at radius 1 is 1.00 bits per heavy atom. The summed E-state index contributed by atoms with van der Waals surface area (Å²) < 4.78 is 13.7. The fourth-order valence-electron chi connectivity index (χ4n) is 1.67. The first-order valence-electron chi connectivity index (χ1n) is 5.25. The Morgan fingerprint density at radius 3 is 2.25 bits per heavy atom. The predicted molar refractivity (Wildman–Crippen MR) is 66.1 cm³/mol.